The van der Waals surface area contributed by atoms with Crippen molar-refractivity contribution >= 4 is 17.7 Å². The maximum atomic E-state index is 11.7. The number of aliphatic carboxylic acids is 1. The van der Waals surface area contributed by atoms with Crippen molar-refractivity contribution in [3.8, 4) is 0 Å². The number of carboxylic acid groups (broad SMARTS) is 1. The third-order valence-corrected chi connectivity index (χ3v) is 4.28. The number of ether oxygens (including phenoxy) is 1. The Bertz CT molecular complexity index is 556. The van der Waals surface area contributed by atoms with Gasteiger partial charge in [-0.25, -0.2) is 4.98 Å². The number of morpholine rings is 1. The monoisotopic (exact) mass is 322 g/mol. The first-order valence-corrected chi connectivity index (χ1v) is 8.06. The van der Waals surface area contributed by atoms with Crippen LogP contribution in [-0.2, 0) is 14.9 Å². The van der Waals surface area contributed by atoms with E-state index in [4.69, 9.17) is 4.74 Å². The molecule has 1 fully saturated rings. The average Bonchev–Trinajstić information content (AvgIpc) is 2.55. The van der Waals surface area contributed by atoms with Crippen LogP contribution in [0, 0.1) is 0 Å². The molecule has 0 bridgehead atoms. The van der Waals surface area contributed by atoms with Crippen molar-refractivity contribution in [3.63, 3.8) is 0 Å². The highest BCUT2D eigenvalue weighted by Gasteiger charge is 2.35. The van der Waals surface area contributed by atoms with Crippen molar-refractivity contribution in [2.24, 2.45) is 0 Å². The lowest BCUT2D eigenvalue weighted by Crippen LogP contribution is -2.40. The van der Waals surface area contributed by atoms with Crippen molar-refractivity contribution in [2.75, 3.05) is 36.5 Å². The van der Waals surface area contributed by atoms with E-state index in [0.29, 0.717) is 43.6 Å². The van der Waals surface area contributed by atoms with E-state index in [-0.39, 0.29) is 6.04 Å². The Balaban J connectivity index is 2.42. The van der Waals surface area contributed by atoms with E-state index in [0.717, 1.165) is 6.42 Å². The summed E-state index contributed by atoms with van der Waals surface area (Å²) in [4.78, 5) is 22.7. The summed E-state index contributed by atoms with van der Waals surface area (Å²) >= 11 is 0. The molecular formula is C16H26N4O3. The van der Waals surface area contributed by atoms with Crippen LogP contribution in [0.25, 0.3) is 0 Å². The van der Waals surface area contributed by atoms with E-state index in [2.05, 4.69) is 34.0 Å². The zero-order valence-corrected chi connectivity index (χ0v) is 14.3. The summed E-state index contributed by atoms with van der Waals surface area (Å²) in [5.41, 5.74) is -0.427. The van der Waals surface area contributed by atoms with Gasteiger partial charge in [-0.2, -0.15) is 4.98 Å². The van der Waals surface area contributed by atoms with Gasteiger partial charge in [0, 0.05) is 30.9 Å². The van der Waals surface area contributed by atoms with E-state index in [9.17, 15) is 9.90 Å². The van der Waals surface area contributed by atoms with E-state index < -0.39 is 11.4 Å². The molecule has 1 saturated heterocycles. The highest BCUT2D eigenvalue weighted by molar-refractivity contribution is 5.82. The molecule has 23 heavy (non-hydrogen) atoms. The normalized spacial score (nSPS) is 17.0. The first-order valence-electron chi connectivity index (χ1n) is 8.06. The van der Waals surface area contributed by atoms with Crippen molar-refractivity contribution in [1.82, 2.24) is 9.97 Å². The highest BCUT2D eigenvalue weighted by atomic mass is 16.5. The zero-order chi connectivity index (χ0) is 17.0. The molecule has 0 spiro atoms. The fraction of sp³-hybridized carbons (Fsp3) is 0.688. The summed E-state index contributed by atoms with van der Waals surface area (Å²) in [7, 11) is 0. The van der Waals surface area contributed by atoms with Crippen molar-refractivity contribution < 1.29 is 14.6 Å². The van der Waals surface area contributed by atoms with E-state index in [1.165, 1.54) is 0 Å². The Kier molecular flexibility index (Phi) is 5.41. The van der Waals surface area contributed by atoms with Crippen molar-refractivity contribution in [1.29, 1.82) is 0 Å². The minimum absolute atomic E-state index is 0.255. The summed E-state index contributed by atoms with van der Waals surface area (Å²) in [5, 5.41) is 12.8. The van der Waals surface area contributed by atoms with Crippen LogP contribution in [0.1, 0.15) is 39.7 Å². The Morgan fingerprint density at radius 1 is 1.48 bits per heavy atom. The third-order valence-electron chi connectivity index (χ3n) is 4.28. The molecule has 2 rings (SSSR count). The van der Waals surface area contributed by atoms with Crippen LogP contribution >= 0.6 is 0 Å². The molecule has 0 radical (unpaired) electrons. The van der Waals surface area contributed by atoms with Gasteiger partial charge in [0.2, 0.25) is 5.95 Å². The predicted octanol–water partition coefficient (Wildman–Crippen LogP) is 1.89. The van der Waals surface area contributed by atoms with Crippen molar-refractivity contribution in [3.05, 3.63) is 11.8 Å². The lowest BCUT2D eigenvalue weighted by atomic mass is 9.85. The Morgan fingerprint density at radius 3 is 2.70 bits per heavy atom. The van der Waals surface area contributed by atoms with Gasteiger partial charge in [-0.15, -0.1) is 0 Å². The maximum Gasteiger partial charge on any atom is 0.313 e. The number of hydrogen-bond acceptors (Lipinski definition) is 6. The number of carboxylic acids is 1. The topological polar surface area (TPSA) is 87.6 Å². The second-order valence-corrected chi connectivity index (χ2v) is 6.41. The standard InChI is InChI=1S/C16H26N4O3/c1-5-11(2)18-15-17-10-12(16(3,4)14(21)22)13(19-15)20-6-8-23-9-7-20/h10-11H,5-9H2,1-4H3,(H,21,22)(H,17,18,19). The van der Waals surface area contributed by atoms with Crippen LogP contribution in [0.3, 0.4) is 0 Å². The van der Waals surface area contributed by atoms with Gasteiger partial charge in [0.1, 0.15) is 5.82 Å². The largest absolute Gasteiger partial charge is 0.481 e. The molecule has 1 aromatic rings. The summed E-state index contributed by atoms with van der Waals surface area (Å²) in [6.45, 7) is 10.1. The van der Waals surface area contributed by atoms with Gasteiger partial charge in [-0.05, 0) is 27.2 Å². The Labute approximate surface area is 137 Å². The minimum Gasteiger partial charge on any atom is -0.481 e. The maximum absolute atomic E-state index is 11.7. The number of carbonyl (C=O) groups is 1. The summed E-state index contributed by atoms with van der Waals surface area (Å²) in [5.74, 6) is 0.325. The van der Waals surface area contributed by atoms with Crippen LogP contribution in [0.2, 0.25) is 0 Å². The summed E-state index contributed by atoms with van der Waals surface area (Å²) in [6, 6.07) is 0.255. The molecule has 7 heteroatoms. The van der Waals surface area contributed by atoms with Crippen LogP contribution in [0.5, 0.6) is 0 Å². The number of nitrogens with zero attached hydrogens (tertiary/aromatic N) is 3. The highest BCUT2D eigenvalue weighted by Crippen LogP contribution is 2.32. The number of rotatable bonds is 6. The first kappa shape index (κ1) is 17.5. The molecule has 0 amide bonds. The average molecular weight is 322 g/mol. The van der Waals surface area contributed by atoms with Crippen LogP contribution in [-0.4, -0.2) is 53.4 Å². The molecule has 1 aromatic heterocycles. The van der Waals surface area contributed by atoms with Crippen LogP contribution in [0.4, 0.5) is 11.8 Å². The van der Waals surface area contributed by atoms with E-state index in [1.807, 2.05) is 0 Å². The molecule has 2 N–H and O–H groups in total. The van der Waals surface area contributed by atoms with Gasteiger partial charge >= 0.3 is 5.97 Å². The number of aromatic nitrogens is 2. The summed E-state index contributed by atoms with van der Waals surface area (Å²) < 4.78 is 5.39. The van der Waals surface area contributed by atoms with E-state index >= 15 is 0 Å². The Morgan fingerprint density at radius 2 is 2.13 bits per heavy atom. The van der Waals surface area contributed by atoms with E-state index in [1.54, 1.807) is 20.0 Å². The number of nitrogens with one attached hydrogen (secondary N) is 1. The molecule has 1 aliphatic rings. The van der Waals surface area contributed by atoms with Crippen LogP contribution < -0.4 is 10.2 Å². The fourth-order valence-electron chi connectivity index (χ4n) is 2.34. The van der Waals surface area contributed by atoms with Crippen molar-refractivity contribution in [2.45, 2.75) is 45.6 Å². The molecule has 0 aromatic carbocycles. The third kappa shape index (κ3) is 3.90. The molecule has 1 aliphatic heterocycles. The van der Waals surface area contributed by atoms with Crippen LogP contribution in [0.15, 0.2) is 6.20 Å². The molecule has 0 aliphatic carbocycles. The SMILES string of the molecule is CCC(C)Nc1ncc(C(C)(C)C(=O)O)c(N2CCOCC2)n1. The minimum atomic E-state index is -1.05. The van der Waals surface area contributed by atoms with Gasteiger partial charge in [-0.3, -0.25) is 4.79 Å². The number of hydrogen-bond donors (Lipinski definition) is 2. The molecule has 1 atom stereocenters. The second kappa shape index (κ2) is 7.12. The molecule has 7 nitrogen and oxygen atoms in total. The second-order valence-electron chi connectivity index (χ2n) is 6.41. The molecule has 0 saturated carbocycles. The van der Waals surface area contributed by atoms with Gasteiger partial charge < -0.3 is 20.1 Å². The summed E-state index contributed by atoms with van der Waals surface area (Å²) in [6.07, 6.45) is 2.59. The fourth-order valence-corrected chi connectivity index (χ4v) is 2.34. The number of anilines is 2. The van der Waals surface area contributed by atoms with Gasteiger partial charge in [0.15, 0.2) is 0 Å². The van der Waals surface area contributed by atoms with Gasteiger partial charge in [0.05, 0.1) is 18.6 Å². The lowest BCUT2D eigenvalue weighted by Gasteiger charge is -2.32. The van der Waals surface area contributed by atoms with Gasteiger partial charge in [0.25, 0.3) is 0 Å². The lowest BCUT2D eigenvalue weighted by molar-refractivity contribution is -0.142. The zero-order valence-electron chi connectivity index (χ0n) is 14.3. The predicted molar refractivity (Wildman–Crippen MR) is 89.1 cm³/mol. The molecular weight excluding hydrogens is 296 g/mol. The quantitative estimate of drug-likeness (QED) is 0.827. The molecule has 1 unspecified atom stereocenters. The molecule has 2 heterocycles. The van der Waals surface area contributed by atoms with Gasteiger partial charge in [-0.1, -0.05) is 6.92 Å². The Hall–Kier alpha value is -1.89. The first-order chi connectivity index (χ1) is 10.9. The molecule has 128 valence electrons. The smallest absolute Gasteiger partial charge is 0.313 e.